The Morgan fingerprint density at radius 1 is 1.30 bits per heavy atom. The van der Waals surface area contributed by atoms with Crippen LogP contribution in [-0.4, -0.2) is 19.6 Å². The molecule has 0 saturated heterocycles. The Morgan fingerprint density at radius 3 is 1.90 bits per heavy atom. The molecule has 0 rings (SSSR count). The zero-order valence-electron chi connectivity index (χ0n) is 5.95. The highest BCUT2D eigenvalue weighted by Gasteiger charge is 2.19. The number of hydrogen-bond acceptors (Lipinski definition) is 5. The maximum absolute atomic E-state index is 11.2. The van der Waals surface area contributed by atoms with Gasteiger partial charge >= 0.3 is 7.60 Å². The van der Waals surface area contributed by atoms with E-state index in [1.165, 1.54) is 0 Å². The van der Waals surface area contributed by atoms with Crippen molar-refractivity contribution in [2.75, 3.05) is 19.6 Å². The standard InChI is InChI=1S/C4H13N2O3P/c1-2-10(7,8-3-5)9-4-6/h2-6H2,1H3. The van der Waals surface area contributed by atoms with Gasteiger partial charge in [0.1, 0.15) is 13.5 Å². The molecule has 0 aromatic heterocycles. The lowest BCUT2D eigenvalue weighted by Gasteiger charge is -2.13. The van der Waals surface area contributed by atoms with Crippen LogP contribution < -0.4 is 11.5 Å². The normalized spacial score (nSPS) is 11.9. The maximum atomic E-state index is 11.2. The lowest BCUT2D eigenvalue weighted by Crippen LogP contribution is -2.10. The molecule has 0 aromatic carbocycles. The van der Waals surface area contributed by atoms with E-state index in [2.05, 4.69) is 9.05 Å². The van der Waals surface area contributed by atoms with Crippen LogP contribution in [0.2, 0.25) is 0 Å². The van der Waals surface area contributed by atoms with Gasteiger partial charge in [-0.2, -0.15) is 0 Å². The van der Waals surface area contributed by atoms with E-state index in [9.17, 15) is 4.57 Å². The summed E-state index contributed by atoms with van der Waals surface area (Å²) in [6, 6.07) is 0. The molecule has 5 nitrogen and oxygen atoms in total. The molecule has 0 heterocycles. The summed E-state index contributed by atoms with van der Waals surface area (Å²) in [7, 11) is -2.95. The van der Waals surface area contributed by atoms with Gasteiger partial charge in [-0.25, -0.2) is 0 Å². The summed E-state index contributed by atoms with van der Waals surface area (Å²) in [4.78, 5) is 0. The Bertz CT molecular complexity index is 120. The summed E-state index contributed by atoms with van der Waals surface area (Å²) in [5.74, 6) is 0. The van der Waals surface area contributed by atoms with E-state index < -0.39 is 7.60 Å². The molecular formula is C4H13N2O3P. The monoisotopic (exact) mass is 168 g/mol. The minimum Gasteiger partial charge on any atom is -0.308 e. The second-order valence-corrected chi connectivity index (χ2v) is 3.89. The van der Waals surface area contributed by atoms with Crippen LogP contribution in [0.3, 0.4) is 0 Å². The molecule has 62 valence electrons. The van der Waals surface area contributed by atoms with Gasteiger partial charge in [0, 0.05) is 6.16 Å². The summed E-state index contributed by atoms with van der Waals surface area (Å²) in [5.41, 5.74) is 10.0. The van der Waals surface area contributed by atoms with Crippen molar-refractivity contribution in [3.05, 3.63) is 0 Å². The molecule has 4 N–H and O–H groups in total. The molecule has 10 heavy (non-hydrogen) atoms. The predicted octanol–water partition coefficient (Wildman–Crippen LogP) is 0.0650. The number of nitrogens with two attached hydrogens (primary N) is 2. The third-order valence-corrected chi connectivity index (χ3v) is 2.79. The van der Waals surface area contributed by atoms with Gasteiger partial charge in [0.15, 0.2) is 0 Å². The molecule has 0 aliphatic heterocycles. The summed E-state index contributed by atoms with van der Waals surface area (Å²) in [5, 5.41) is 0. The molecule has 0 amide bonds. The first-order valence-corrected chi connectivity index (χ1v) is 4.69. The second kappa shape index (κ2) is 4.82. The van der Waals surface area contributed by atoms with Crippen molar-refractivity contribution < 1.29 is 13.6 Å². The molecule has 0 radical (unpaired) electrons. The van der Waals surface area contributed by atoms with E-state index in [-0.39, 0.29) is 13.5 Å². The minimum atomic E-state index is -2.95. The van der Waals surface area contributed by atoms with Gasteiger partial charge in [0.05, 0.1) is 0 Å². The topological polar surface area (TPSA) is 87.6 Å². The first kappa shape index (κ1) is 10.1. The molecule has 0 saturated carbocycles. The van der Waals surface area contributed by atoms with Crippen LogP contribution in [0, 0.1) is 0 Å². The summed E-state index contributed by atoms with van der Waals surface area (Å²) >= 11 is 0. The van der Waals surface area contributed by atoms with Crippen LogP contribution in [0.25, 0.3) is 0 Å². The molecule has 0 bridgehead atoms. The van der Waals surface area contributed by atoms with Crippen LogP contribution in [0.5, 0.6) is 0 Å². The second-order valence-electron chi connectivity index (χ2n) is 1.52. The average molecular weight is 168 g/mol. The van der Waals surface area contributed by atoms with E-state index in [0.29, 0.717) is 6.16 Å². The lowest BCUT2D eigenvalue weighted by atomic mass is 11.0. The van der Waals surface area contributed by atoms with Gasteiger partial charge in [0.2, 0.25) is 0 Å². The molecule has 0 aliphatic rings. The van der Waals surface area contributed by atoms with Gasteiger partial charge in [-0.1, -0.05) is 6.92 Å². The molecule has 0 atom stereocenters. The zero-order chi connectivity index (χ0) is 8.04. The Hall–Kier alpha value is 0.0700. The smallest absolute Gasteiger partial charge is 0.308 e. The third kappa shape index (κ3) is 3.29. The first-order chi connectivity index (χ1) is 4.68. The van der Waals surface area contributed by atoms with Crippen molar-refractivity contribution in [3.63, 3.8) is 0 Å². The van der Waals surface area contributed by atoms with E-state index in [1.807, 2.05) is 0 Å². The highest BCUT2D eigenvalue weighted by Crippen LogP contribution is 2.46. The van der Waals surface area contributed by atoms with Crippen LogP contribution in [0.1, 0.15) is 6.92 Å². The molecule has 0 aliphatic carbocycles. The van der Waals surface area contributed by atoms with Crippen molar-refractivity contribution >= 4 is 7.60 Å². The van der Waals surface area contributed by atoms with Gasteiger partial charge in [-0.05, 0) is 0 Å². The summed E-state index contributed by atoms with van der Waals surface area (Å²) in [6.45, 7) is 1.47. The van der Waals surface area contributed by atoms with Crippen LogP contribution in [0.15, 0.2) is 0 Å². The fourth-order valence-corrected chi connectivity index (χ4v) is 1.34. The van der Waals surface area contributed by atoms with Crippen molar-refractivity contribution in [1.29, 1.82) is 0 Å². The summed E-state index contributed by atoms with van der Waals surface area (Å²) in [6.07, 6.45) is 0.293. The largest absolute Gasteiger partial charge is 0.332 e. The van der Waals surface area contributed by atoms with E-state index in [0.717, 1.165) is 0 Å². The molecule has 0 aromatic rings. The third-order valence-electron chi connectivity index (χ3n) is 0.930. The minimum absolute atomic E-state index is 0.106. The predicted molar refractivity (Wildman–Crippen MR) is 38.4 cm³/mol. The molecule has 0 spiro atoms. The highest BCUT2D eigenvalue weighted by molar-refractivity contribution is 7.53. The number of rotatable bonds is 5. The first-order valence-electron chi connectivity index (χ1n) is 2.96. The van der Waals surface area contributed by atoms with Crippen molar-refractivity contribution in [3.8, 4) is 0 Å². The van der Waals surface area contributed by atoms with Crippen LogP contribution in [-0.2, 0) is 13.6 Å². The quantitative estimate of drug-likeness (QED) is 0.447. The Morgan fingerprint density at radius 2 is 1.70 bits per heavy atom. The van der Waals surface area contributed by atoms with Crippen molar-refractivity contribution in [2.24, 2.45) is 11.5 Å². The molecule has 0 fully saturated rings. The van der Waals surface area contributed by atoms with Gasteiger partial charge in [0.25, 0.3) is 0 Å². The summed E-state index contributed by atoms with van der Waals surface area (Å²) < 4.78 is 20.5. The maximum Gasteiger partial charge on any atom is 0.332 e. The van der Waals surface area contributed by atoms with Crippen molar-refractivity contribution in [2.45, 2.75) is 6.92 Å². The fourth-order valence-electron chi connectivity index (χ4n) is 0.447. The Labute approximate surface area is 60.2 Å². The van der Waals surface area contributed by atoms with Crippen LogP contribution in [0.4, 0.5) is 0 Å². The van der Waals surface area contributed by atoms with Gasteiger partial charge in [-0.15, -0.1) is 0 Å². The molecule has 0 unspecified atom stereocenters. The Balaban J connectivity index is 3.83. The lowest BCUT2D eigenvalue weighted by molar-refractivity contribution is 0.213. The SMILES string of the molecule is CCP(=O)(OCN)OCN. The molecular weight excluding hydrogens is 155 g/mol. The fraction of sp³-hybridized carbons (Fsp3) is 1.00. The average Bonchev–Trinajstić information content (AvgIpc) is 1.89. The van der Waals surface area contributed by atoms with E-state index in [1.54, 1.807) is 6.92 Å². The highest BCUT2D eigenvalue weighted by atomic mass is 31.2. The van der Waals surface area contributed by atoms with Gasteiger partial charge < -0.3 is 11.5 Å². The Kier molecular flexibility index (Phi) is 4.85. The van der Waals surface area contributed by atoms with E-state index >= 15 is 0 Å². The van der Waals surface area contributed by atoms with Crippen molar-refractivity contribution in [1.82, 2.24) is 0 Å². The van der Waals surface area contributed by atoms with Crippen LogP contribution >= 0.6 is 7.60 Å². The van der Waals surface area contributed by atoms with E-state index in [4.69, 9.17) is 11.5 Å². The zero-order valence-corrected chi connectivity index (χ0v) is 6.84. The number of hydrogen-bond donors (Lipinski definition) is 2. The van der Waals surface area contributed by atoms with Gasteiger partial charge in [-0.3, -0.25) is 13.6 Å². The molecule has 6 heteroatoms.